The molecule has 0 spiro atoms. The van der Waals surface area contributed by atoms with E-state index >= 15 is 0 Å². The minimum absolute atomic E-state index is 0.283. The van der Waals surface area contributed by atoms with Crippen molar-refractivity contribution in [2.75, 3.05) is 84.3 Å². The van der Waals surface area contributed by atoms with Crippen LogP contribution in [0.5, 0.6) is 0 Å². The molecule has 2 saturated heterocycles. The van der Waals surface area contributed by atoms with Gasteiger partial charge in [-0.15, -0.1) is 0 Å². The lowest BCUT2D eigenvalue weighted by Crippen LogP contribution is -2.21. The summed E-state index contributed by atoms with van der Waals surface area (Å²) >= 11 is 0. The predicted molar refractivity (Wildman–Crippen MR) is 221 cm³/mol. The van der Waals surface area contributed by atoms with E-state index in [2.05, 4.69) is 41.7 Å². The Morgan fingerprint density at radius 2 is 0.815 bits per heavy atom. The van der Waals surface area contributed by atoms with Crippen LogP contribution in [0.4, 0.5) is 38.9 Å². The Kier molecular flexibility index (Phi) is 14.3. The fourth-order valence-corrected chi connectivity index (χ4v) is 6.99. The van der Waals surface area contributed by atoms with Gasteiger partial charge < -0.3 is 41.7 Å². The third-order valence-corrected chi connectivity index (χ3v) is 9.86. The predicted octanol–water partition coefficient (Wildman–Crippen LogP) is 8.41. The second-order valence-electron chi connectivity index (χ2n) is 14.2. The highest BCUT2D eigenvalue weighted by atomic mass is 16.2. The first-order chi connectivity index (χ1) is 26.5. The Bertz CT molecular complexity index is 1710. The summed E-state index contributed by atoms with van der Waals surface area (Å²) in [6, 6.07) is 28.4. The number of hydrogen-bond acceptors (Lipinski definition) is 7. The largest absolute Gasteiger partial charge is 0.385 e. The summed E-state index contributed by atoms with van der Waals surface area (Å²) in [7, 11) is 0. The highest BCUT2D eigenvalue weighted by Gasteiger charge is 2.13. The molecule has 6 rings (SSSR count). The van der Waals surface area contributed by atoms with E-state index in [0.717, 1.165) is 50.4 Å². The van der Waals surface area contributed by atoms with Gasteiger partial charge in [-0.2, -0.15) is 0 Å². The van der Waals surface area contributed by atoms with Crippen molar-refractivity contribution in [2.24, 2.45) is 0 Å². The molecular formula is C43H54N8O3. The number of anilines is 6. The van der Waals surface area contributed by atoms with Crippen LogP contribution in [0.3, 0.4) is 0 Å². The number of rotatable bonds is 18. The molecule has 2 aliphatic heterocycles. The van der Waals surface area contributed by atoms with Crippen LogP contribution in [0.25, 0.3) is 0 Å². The lowest BCUT2D eigenvalue weighted by atomic mass is 10.1. The standard InChI is InChI=1S/C43H54N8O3/c52-41(46-39-19-11-15-35(31-39)44-21-1-3-23-50-25-5-6-26-50)33-13-9-17-37(29-33)48-43(54)49-38-18-10-14-34(30-38)42(53)47-40-20-12-16-36(32-40)45-22-2-4-24-51-27-7-8-28-51/h9-20,29-32,44-45H,1-8,21-28H2,(H,46,52)(H,47,53)(H2,48,49,54). The first kappa shape index (κ1) is 38.3. The van der Waals surface area contributed by atoms with E-state index in [9.17, 15) is 14.4 Å². The molecule has 0 radical (unpaired) electrons. The zero-order chi connectivity index (χ0) is 37.4. The molecule has 0 bridgehead atoms. The number of amides is 4. The number of likely N-dealkylation sites (tertiary alicyclic amines) is 2. The van der Waals surface area contributed by atoms with Crippen LogP contribution in [-0.4, -0.2) is 80.0 Å². The number of hydrogen-bond donors (Lipinski definition) is 6. The molecule has 0 aliphatic carbocycles. The number of carbonyl (C=O) groups is 3. The van der Waals surface area contributed by atoms with Gasteiger partial charge in [-0.1, -0.05) is 24.3 Å². The van der Waals surface area contributed by atoms with Crippen LogP contribution in [0.1, 0.15) is 72.1 Å². The van der Waals surface area contributed by atoms with Crippen molar-refractivity contribution in [1.29, 1.82) is 0 Å². The summed E-state index contributed by atoms with van der Waals surface area (Å²) in [6.45, 7) is 8.99. The third kappa shape index (κ3) is 12.3. The van der Waals surface area contributed by atoms with Gasteiger partial charge in [0.05, 0.1) is 0 Å². The van der Waals surface area contributed by atoms with E-state index < -0.39 is 6.03 Å². The van der Waals surface area contributed by atoms with Gasteiger partial charge in [0.25, 0.3) is 11.8 Å². The minimum Gasteiger partial charge on any atom is -0.385 e. The molecule has 0 atom stereocenters. The summed E-state index contributed by atoms with van der Waals surface area (Å²) in [5.74, 6) is -0.565. The lowest BCUT2D eigenvalue weighted by Gasteiger charge is -2.14. The van der Waals surface area contributed by atoms with E-state index in [1.807, 2.05) is 48.5 Å². The van der Waals surface area contributed by atoms with E-state index in [1.54, 1.807) is 48.5 Å². The molecule has 2 fully saturated rings. The van der Waals surface area contributed by atoms with Crippen LogP contribution in [0.2, 0.25) is 0 Å². The molecule has 4 aromatic rings. The van der Waals surface area contributed by atoms with Crippen molar-refractivity contribution in [3.05, 3.63) is 108 Å². The Morgan fingerprint density at radius 3 is 1.24 bits per heavy atom. The quantitative estimate of drug-likeness (QED) is 0.0567. The second-order valence-corrected chi connectivity index (χ2v) is 14.2. The van der Waals surface area contributed by atoms with E-state index in [1.165, 1.54) is 64.7 Å². The molecule has 11 nitrogen and oxygen atoms in total. The van der Waals surface area contributed by atoms with Crippen molar-refractivity contribution in [1.82, 2.24) is 9.80 Å². The maximum atomic E-state index is 13.1. The Balaban J connectivity index is 0.937. The number of carbonyl (C=O) groups excluding carboxylic acids is 3. The van der Waals surface area contributed by atoms with Crippen LogP contribution in [0, 0.1) is 0 Å². The SMILES string of the molecule is O=C(Nc1cccc(C(=O)Nc2cccc(NCCCCN3CCCC3)c2)c1)Nc1cccc(C(=O)Nc2cccc(NCCCCN3CCCC3)c2)c1. The highest BCUT2D eigenvalue weighted by molar-refractivity contribution is 6.07. The third-order valence-electron chi connectivity index (χ3n) is 9.86. The molecule has 2 aliphatic rings. The van der Waals surface area contributed by atoms with E-state index in [4.69, 9.17) is 0 Å². The fourth-order valence-electron chi connectivity index (χ4n) is 6.99. The monoisotopic (exact) mass is 730 g/mol. The number of benzene rings is 4. The van der Waals surface area contributed by atoms with Gasteiger partial charge in [-0.25, -0.2) is 4.79 Å². The van der Waals surface area contributed by atoms with Gasteiger partial charge in [0.1, 0.15) is 0 Å². The fraction of sp³-hybridized carbons (Fsp3) is 0.372. The number of unbranched alkanes of at least 4 members (excludes halogenated alkanes) is 2. The smallest absolute Gasteiger partial charge is 0.323 e. The van der Waals surface area contributed by atoms with Crippen LogP contribution in [-0.2, 0) is 0 Å². The Labute approximate surface area is 319 Å². The average Bonchev–Trinajstić information content (AvgIpc) is 3.90. The summed E-state index contributed by atoms with van der Waals surface area (Å²) in [4.78, 5) is 44.3. The number of nitrogens with zero attached hydrogens (tertiary/aromatic N) is 2. The average molecular weight is 731 g/mol. The van der Waals surface area contributed by atoms with Gasteiger partial charge in [-0.05, 0) is 163 Å². The van der Waals surface area contributed by atoms with Crippen molar-refractivity contribution in [3.8, 4) is 0 Å². The summed E-state index contributed by atoms with van der Waals surface area (Å²) < 4.78 is 0. The zero-order valence-electron chi connectivity index (χ0n) is 31.2. The highest BCUT2D eigenvalue weighted by Crippen LogP contribution is 2.20. The Morgan fingerprint density at radius 1 is 0.444 bits per heavy atom. The zero-order valence-corrected chi connectivity index (χ0v) is 31.2. The van der Waals surface area contributed by atoms with Crippen LogP contribution in [0.15, 0.2) is 97.1 Å². The van der Waals surface area contributed by atoms with Gasteiger partial charge in [0.15, 0.2) is 0 Å². The molecule has 54 heavy (non-hydrogen) atoms. The van der Waals surface area contributed by atoms with Crippen LogP contribution < -0.4 is 31.9 Å². The molecule has 0 saturated carbocycles. The van der Waals surface area contributed by atoms with Gasteiger partial charge in [0.2, 0.25) is 0 Å². The van der Waals surface area contributed by atoms with Crippen LogP contribution >= 0.6 is 0 Å². The van der Waals surface area contributed by atoms with Crippen molar-refractivity contribution < 1.29 is 14.4 Å². The molecule has 4 aromatic carbocycles. The topological polar surface area (TPSA) is 130 Å². The molecule has 0 unspecified atom stereocenters. The molecule has 2 heterocycles. The minimum atomic E-state index is -0.497. The summed E-state index contributed by atoms with van der Waals surface area (Å²) in [5.41, 5.74) is 5.01. The summed E-state index contributed by atoms with van der Waals surface area (Å²) in [5, 5.41) is 18.4. The Hall–Kier alpha value is -5.39. The maximum absolute atomic E-state index is 13.1. The normalized spacial score (nSPS) is 14.4. The second kappa shape index (κ2) is 20.2. The first-order valence-corrected chi connectivity index (χ1v) is 19.5. The molecular weight excluding hydrogens is 677 g/mol. The van der Waals surface area contributed by atoms with E-state index in [-0.39, 0.29) is 11.8 Å². The summed E-state index contributed by atoms with van der Waals surface area (Å²) in [6.07, 6.45) is 9.79. The molecule has 6 N–H and O–H groups in total. The lowest BCUT2D eigenvalue weighted by molar-refractivity contribution is 0.101. The molecule has 0 aromatic heterocycles. The van der Waals surface area contributed by atoms with Crippen molar-refractivity contribution in [3.63, 3.8) is 0 Å². The maximum Gasteiger partial charge on any atom is 0.323 e. The molecule has 4 amide bonds. The molecule has 11 heteroatoms. The van der Waals surface area contributed by atoms with Gasteiger partial charge in [-0.3, -0.25) is 9.59 Å². The van der Waals surface area contributed by atoms with Gasteiger partial charge in [0, 0.05) is 58.3 Å². The molecule has 284 valence electrons. The number of urea groups is 1. The van der Waals surface area contributed by atoms with E-state index in [0.29, 0.717) is 33.9 Å². The first-order valence-electron chi connectivity index (χ1n) is 19.5. The van der Waals surface area contributed by atoms with Crippen molar-refractivity contribution >= 4 is 52.0 Å². The number of nitrogens with one attached hydrogen (secondary N) is 6. The van der Waals surface area contributed by atoms with Crippen molar-refractivity contribution in [2.45, 2.75) is 51.4 Å². The van der Waals surface area contributed by atoms with Gasteiger partial charge >= 0.3 is 6.03 Å².